The zero-order chi connectivity index (χ0) is 12.0. The summed E-state index contributed by atoms with van der Waals surface area (Å²) >= 11 is 0. The maximum absolute atomic E-state index is 11.2. The standard InChI is InChI=1S/C12H17NO3/c1-9(2)10-4-3-5-11(8-10)16-12(15)13-6-7-14/h3-5,8-9,14H,6-7H2,1-2H3,(H,13,15). The fourth-order valence-electron chi connectivity index (χ4n) is 1.24. The average Bonchev–Trinajstić information content (AvgIpc) is 2.26. The highest BCUT2D eigenvalue weighted by Crippen LogP contribution is 2.19. The lowest BCUT2D eigenvalue weighted by atomic mass is 10.0. The van der Waals surface area contributed by atoms with E-state index in [2.05, 4.69) is 19.2 Å². The van der Waals surface area contributed by atoms with E-state index in [0.717, 1.165) is 5.56 Å². The van der Waals surface area contributed by atoms with Crippen molar-refractivity contribution in [1.82, 2.24) is 5.32 Å². The summed E-state index contributed by atoms with van der Waals surface area (Å²) in [6.45, 7) is 4.25. The van der Waals surface area contributed by atoms with E-state index in [1.165, 1.54) is 0 Å². The highest BCUT2D eigenvalue weighted by Gasteiger charge is 2.05. The number of carbonyl (C=O) groups excluding carboxylic acids is 1. The number of aliphatic hydroxyl groups is 1. The third kappa shape index (κ3) is 3.90. The van der Waals surface area contributed by atoms with Gasteiger partial charge < -0.3 is 15.2 Å². The molecule has 0 aliphatic rings. The fraction of sp³-hybridized carbons (Fsp3) is 0.417. The van der Waals surface area contributed by atoms with Gasteiger partial charge in [-0.1, -0.05) is 26.0 Å². The molecule has 1 rings (SSSR count). The maximum Gasteiger partial charge on any atom is 0.412 e. The molecule has 88 valence electrons. The number of benzene rings is 1. The first-order chi connectivity index (χ1) is 7.63. The van der Waals surface area contributed by atoms with Crippen molar-refractivity contribution in [2.75, 3.05) is 13.2 Å². The predicted molar refractivity (Wildman–Crippen MR) is 61.6 cm³/mol. The van der Waals surface area contributed by atoms with Crippen LogP contribution >= 0.6 is 0 Å². The summed E-state index contributed by atoms with van der Waals surface area (Å²) < 4.78 is 5.05. The molecule has 0 unspecified atom stereocenters. The summed E-state index contributed by atoms with van der Waals surface area (Å²) in [5.74, 6) is 0.908. The highest BCUT2D eigenvalue weighted by molar-refractivity contribution is 5.70. The first kappa shape index (κ1) is 12.5. The molecular formula is C12H17NO3. The van der Waals surface area contributed by atoms with Crippen LogP contribution in [0.2, 0.25) is 0 Å². The molecule has 0 saturated carbocycles. The minimum Gasteiger partial charge on any atom is -0.410 e. The SMILES string of the molecule is CC(C)c1cccc(OC(=O)NCCO)c1. The molecule has 4 nitrogen and oxygen atoms in total. The molecule has 2 N–H and O–H groups in total. The van der Waals surface area contributed by atoms with E-state index >= 15 is 0 Å². The monoisotopic (exact) mass is 223 g/mol. The molecule has 0 aliphatic carbocycles. The summed E-state index contributed by atoms with van der Waals surface area (Å²) in [5.41, 5.74) is 1.12. The van der Waals surface area contributed by atoms with Crippen LogP contribution in [0.5, 0.6) is 5.75 Å². The second kappa shape index (κ2) is 6.12. The van der Waals surface area contributed by atoms with Crippen LogP contribution in [0.1, 0.15) is 25.3 Å². The van der Waals surface area contributed by atoms with Crippen molar-refractivity contribution < 1.29 is 14.6 Å². The van der Waals surface area contributed by atoms with Crippen molar-refractivity contribution >= 4 is 6.09 Å². The molecule has 0 aromatic heterocycles. The van der Waals surface area contributed by atoms with Crippen LogP contribution in [-0.2, 0) is 0 Å². The lowest BCUT2D eigenvalue weighted by Crippen LogP contribution is -2.29. The number of aliphatic hydroxyl groups excluding tert-OH is 1. The Morgan fingerprint density at radius 1 is 1.50 bits per heavy atom. The fourth-order valence-corrected chi connectivity index (χ4v) is 1.24. The molecule has 0 aliphatic heterocycles. The molecule has 0 bridgehead atoms. The highest BCUT2D eigenvalue weighted by atomic mass is 16.6. The van der Waals surface area contributed by atoms with Crippen molar-refractivity contribution in [2.45, 2.75) is 19.8 Å². The minimum absolute atomic E-state index is 0.0961. The van der Waals surface area contributed by atoms with E-state index in [1.54, 1.807) is 6.07 Å². The van der Waals surface area contributed by atoms with E-state index in [-0.39, 0.29) is 13.2 Å². The Labute approximate surface area is 95.2 Å². The van der Waals surface area contributed by atoms with E-state index in [9.17, 15) is 4.79 Å². The van der Waals surface area contributed by atoms with Gasteiger partial charge in [0.2, 0.25) is 0 Å². The van der Waals surface area contributed by atoms with Gasteiger partial charge in [0.05, 0.1) is 6.61 Å². The van der Waals surface area contributed by atoms with Crippen LogP contribution in [0, 0.1) is 0 Å². The van der Waals surface area contributed by atoms with Gasteiger partial charge >= 0.3 is 6.09 Å². The molecule has 0 radical (unpaired) electrons. The molecule has 0 saturated heterocycles. The lowest BCUT2D eigenvalue weighted by molar-refractivity contribution is 0.195. The number of hydrogen-bond acceptors (Lipinski definition) is 3. The van der Waals surface area contributed by atoms with Gasteiger partial charge in [0.15, 0.2) is 0 Å². The van der Waals surface area contributed by atoms with Gasteiger partial charge in [0, 0.05) is 6.54 Å². The van der Waals surface area contributed by atoms with Crippen molar-refractivity contribution in [3.63, 3.8) is 0 Å². The summed E-state index contributed by atoms with van der Waals surface area (Å²) in [4.78, 5) is 11.2. The molecule has 1 amide bonds. The van der Waals surface area contributed by atoms with Crippen molar-refractivity contribution in [3.8, 4) is 5.75 Å². The van der Waals surface area contributed by atoms with E-state index in [0.29, 0.717) is 11.7 Å². The molecule has 4 heteroatoms. The van der Waals surface area contributed by atoms with E-state index in [1.807, 2.05) is 18.2 Å². The smallest absolute Gasteiger partial charge is 0.410 e. The Morgan fingerprint density at radius 2 is 2.25 bits per heavy atom. The van der Waals surface area contributed by atoms with Crippen molar-refractivity contribution in [2.24, 2.45) is 0 Å². The Bertz CT molecular complexity index is 350. The van der Waals surface area contributed by atoms with Gasteiger partial charge in [-0.15, -0.1) is 0 Å². The molecule has 0 fully saturated rings. The predicted octanol–water partition coefficient (Wildman–Crippen LogP) is 1.89. The topological polar surface area (TPSA) is 58.6 Å². The first-order valence-electron chi connectivity index (χ1n) is 5.30. The molecule has 1 aromatic carbocycles. The quantitative estimate of drug-likeness (QED) is 0.819. The number of carbonyl (C=O) groups is 1. The molecule has 16 heavy (non-hydrogen) atoms. The third-order valence-corrected chi connectivity index (χ3v) is 2.12. The van der Waals surface area contributed by atoms with Gasteiger partial charge in [-0.25, -0.2) is 4.79 Å². The van der Waals surface area contributed by atoms with Crippen LogP contribution in [0.25, 0.3) is 0 Å². The Kier molecular flexibility index (Phi) is 4.79. The van der Waals surface area contributed by atoms with E-state index < -0.39 is 6.09 Å². The number of amides is 1. The van der Waals surface area contributed by atoms with Crippen molar-refractivity contribution in [1.29, 1.82) is 0 Å². The second-order valence-electron chi connectivity index (χ2n) is 3.77. The van der Waals surface area contributed by atoms with Gasteiger partial charge in [0.1, 0.15) is 5.75 Å². The summed E-state index contributed by atoms with van der Waals surface area (Å²) in [5, 5.41) is 10.9. The summed E-state index contributed by atoms with van der Waals surface area (Å²) in [7, 11) is 0. The van der Waals surface area contributed by atoms with Crippen LogP contribution < -0.4 is 10.1 Å². The van der Waals surface area contributed by atoms with Gasteiger partial charge in [0.25, 0.3) is 0 Å². The van der Waals surface area contributed by atoms with Crippen LogP contribution in [0.15, 0.2) is 24.3 Å². The number of nitrogens with one attached hydrogen (secondary N) is 1. The minimum atomic E-state index is -0.546. The average molecular weight is 223 g/mol. The van der Waals surface area contributed by atoms with Gasteiger partial charge in [-0.2, -0.15) is 0 Å². The molecule has 1 aromatic rings. The van der Waals surface area contributed by atoms with Gasteiger partial charge in [-0.3, -0.25) is 0 Å². The van der Waals surface area contributed by atoms with Crippen LogP contribution in [0.3, 0.4) is 0 Å². The van der Waals surface area contributed by atoms with Gasteiger partial charge in [-0.05, 0) is 23.6 Å². The van der Waals surface area contributed by atoms with E-state index in [4.69, 9.17) is 9.84 Å². The Hall–Kier alpha value is -1.55. The van der Waals surface area contributed by atoms with Crippen molar-refractivity contribution in [3.05, 3.63) is 29.8 Å². The summed E-state index contributed by atoms with van der Waals surface area (Å²) in [6, 6.07) is 7.40. The zero-order valence-electron chi connectivity index (χ0n) is 9.56. The normalized spacial score (nSPS) is 10.2. The molecule has 0 spiro atoms. The number of hydrogen-bond donors (Lipinski definition) is 2. The number of rotatable bonds is 4. The Morgan fingerprint density at radius 3 is 2.88 bits per heavy atom. The summed E-state index contributed by atoms with van der Waals surface area (Å²) in [6.07, 6.45) is -0.546. The Balaban J connectivity index is 2.59. The van der Waals surface area contributed by atoms with Crippen LogP contribution in [-0.4, -0.2) is 24.4 Å². The molecule has 0 heterocycles. The van der Waals surface area contributed by atoms with Crippen LogP contribution in [0.4, 0.5) is 4.79 Å². The maximum atomic E-state index is 11.2. The zero-order valence-corrected chi connectivity index (χ0v) is 9.56. The third-order valence-electron chi connectivity index (χ3n) is 2.12. The first-order valence-corrected chi connectivity index (χ1v) is 5.30. The number of ether oxygens (including phenoxy) is 1. The second-order valence-corrected chi connectivity index (χ2v) is 3.77. The molecular weight excluding hydrogens is 206 g/mol. The molecule has 0 atom stereocenters. The lowest BCUT2D eigenvalue weighted by Gasteiger charge is -2.09. The largest absolute Gasteiger partial charge is 0.412 e.